The minimum Gasteiger partial charge on any atom is -0.333 e. The van der Waals surface area contributed by atoms with Gasteiger partial charge >= 0.3 is 0 Å². The third-order valence-electron chi connectivity index (χ3n) is 5.51. The van der Waals surface area contributed by atoms with Crippen LogP contribution in [-0.2, 0) is 34.1 Å². The largest absolute Gasteiger partial charge is 0.333 e. The van der Waals surface area contributed by atoms with E-state index in [1.54, 1.807) is 4.90 Å². The molecule has 3 aromatic rings. The van der Waals surface area contributed by atoms with Crippen molar-refractivity contribution in [2.45, 2.75) is 25.9 Å². The topological polar surface area (TPSA) is 54.5 Å². The first kappa shape index (κ1) is 20.4. The van der Waals surface area contributed by atoms with Crippen LogP contribution in [0.3, 0.4) is 0 Å². The molecule has 0 aliphatic carbocycles. The maximum atomic E-state index is 13.0. The van der Waals surface area contributed by atoms with Crippen molar-refractivity contribution in [1.82, 2.24) is 4.90 Å². The van der Waals surface area contributed by atoms with Crippen molar-refractivity contribution in [3.05, 3.63) is 95.6 Å². The summed E-state index contributed by atoms with van der Waals surface area (Å²) >= 11 is 0. The van der Waals surface area contributed by atoms with Gasteiger partial charge in [-0.15, -0.1) is 0 Å². The van der Waals surface area contributed by atoms with E-state index in [0.29, 0.717) is 25.9 Å². The summed E-state index contributed by atoms with van der Waals surface area (Å²) in [5, 5.41) is 0. The number of fused-ring (bicyclic) bond motifs is 3. The quantitative estimate of drug-likeness (QED) is 0.600. The van der Waals surface area contributed by atoms with Crippen molar-refractivity contribution in [2.75, 3.05) is 11.5 Å². The molecular formula is C25H25NO3S. The van der Waals surface area contributed by atoms with Crippen LogP contribution in [0.2, 0.25) is 0 Å². The van der Waals surface area contributed by atoms with Crippen LogP contribution in [0.1, 0.15) is 23.1 Å². The predicted molar refractivity (Wildman–Crippen MR) is 120 cm³/mol. The number of amides is 1. The second-order valence-electron chi connectivity index (χ2n) is 7.75. The van der Waals surface area contributed by atoms with Crippen LogP contribution in [0.5, 0.6) is 0 Å². The molecule has 0 saturated carbocycles. The average molecular weight is 420 g/mol. The van der Waals surface area contributed by atoms with E-state index in [2.05, 4.69) is 12.1 Å². The molecular weight excluding hydrogens is 394 g/mol. The van der Waals surface area contributed by atoms with E-state index < -0.39 is 15.6 Å². The lowest BCUT2D eigenvalue weighted by atomic mass is 9.97. The van der Waals surface area contributed by atoms with E-state index in [4.69, 9.17) is 0 Å². The normalized spacial score (nSPS) is 13.3. The lowest BCUT2D eigenvalue weighted by Gasteiger charge is -2.21. The van der Waals surface area contributed by atoms with Gasteiger partial charge in [0.25, 0.3) is 0 Å². The fourth-order valence-corrected chi connectivity index (χ4v) is 5.27. The Bertz CT molecular complexity index is 1090. The molecule has 1 heterocycles. The smallest absolute Gasteiger partial charge is 0.238 e. The van der Waals surface area contributed by atoms with Crippen molar-refractivity contribution in [1.29, 1.82) is 0 Å². The van der Waals surface area contributed by atoms with Crippen LogP contribution in [0.4, 0.5) is 0 Å². The number of rotatable bonds is 6. The number of benzene rings is 3. The molecule has 0 aromatic heterocycles. The average Bonchev–Trinajstić information content (AvgIpc) is 2.91. The highest BCUT2D eigenvalue weighted by molar-refractivity contribution is 7.92. The van der Waals surface area contributed by atoms with E-state index in [1.165, 1.54) is 0 Å². The van der Waals surface area contributed by atoms with Gasteiger partial charge in [0.2, 0.25) is 5.91 Å². The number of hydrogen-bond acceptors (Lipinski definition) is 3. The Hall–Kier alpha value is -2.92. The summed E-state index contributed by atoms with van der Waals surface area (Å²) in [6.45, 7) is 0.840. The van der Waals surface area contributed by atoms with Gasteiger partial charge in [0.15, 0.2) is 9.84 Å². The number of carbonyl (C=O) groups is 1. The zero-order valence-electron chi connectivity index (χ0n) is 16.8. The highest BCUT2D eigenvalue weighted by Crippen LogP contribution is 2.32. The van der Waals surface area contributed by atoms with Crippen molar-refractivity contribution in [3.63, 3.8) is 0 Å². The molecule has 0 spiro atoms. The molecule has 0 bridgehead atoms. The molecule has 1 aliphatic heterocycles. The van der Waals surface area contributed by atoms with Crippen LogP contribution < -0.4 is 0 Å². The Labute approximate surface area is 178 Å². The van der Waals surface area contributed by atoms with Gasteiger partial charge in [0.1, 0.15) is 5.75 Å². The highest BCUT2D eigenvalue weighted by Gasteiger charge is 2.26. The summed E-state index contributed by atoms with van der Waals surface area (Å²) in [6, 6.07) is 25.8. The van der Waals surface area contributed by atoms with E-state index in [1.807, 2.05) is 66.7 Å². The first-order chi connectivity index (χ1) is 14.5. The highest BCUT2D eigenvalue weighted by atomic mass is 32.2. The number of aryl methyl sites for hydroxylation is 1. The Morgan fingerprint density at radius 3 is 1.90 bits per heavy atom. The van der Waals surface area contributed by atoms with E-state index in [0.717, 1.165) is 27.8 Å². The molecule has 0 atom stereocenters. The third-order valence-corrected chi connectivity index (χ3v) is 7.10. The summed E-state index contributed by atoms with van der Waals surface area (Å²) in [5.41, 5.74) is 5.40. The second-order valence-corrected chi connectivity index (χ2v) is 9.93. The van der Waals surface area contributed by atoms with Crippen LogP contribution in [0, 0.1) is 0 Å². The molecule has 0 radical (unpaired) electrons. The first-order valence-corrected chi connectivity index (χ1v) is 12.0. The van der Waals surface area contributed by atoms with E-state index in [9.17, 15) is 13.2 Å². The van der Waals surface area contributed by atoms with Gasteiger partial charge in [0, 0.05) is 13.1 Å². The third kappa shape index (κ3) is 4.79. The molecule has 4 nitrogen and oxygen atoms in total. The second kappa shape index (κ2) is 8.84. The van der Waals surface area contributed by atoms with Crippen LogP contribution in [0.15, 0.2) is 78.9 Å². The number of nitrogens with zero attached hydrogens (tertiary/aromatic N) is 1. The van der Waals surface area contributed by atoms with Gasteiger partial charge in [-0.05, 0) is 40.7 Å². The molecule has 5 heteroatoms. The van der Waals surface area contributed by atoms with Gasteiger partial charge in [-0.3, -0.25) is 4.79 Å². The molecule has 4 rings (SSSR count). The number of carbonyl (C=O) groups excluding carboxylic acids is 1. The van der Waals surface area contributed by atoms with Gasteiger partial charge in [-0.2, -0.15) is 0 Å². The first-order valence-electron chi connectivity index (χ1n) is 10.2. The minimum atomic E-state index is -3.46. The predicted octanol–water partition coefficient (Wildman–Crippen LogP) is 4.24. The van der Waals surface area contributed by atoms with E-state index in [-0.39, 0.29) is 11.7 Å². The van der Waals surface area contributed by atoms with Gasteiger partial charge in [-0.25, -0.2) is 8.42 Å². The SMILES string of the molecule is O=C(CS(=O)(=O)CCCc1ccccc1)N1Cc2ccccc2-c2ccccc2C1. The zero-order chi connectivity index (χ0) is 21.0. The molecule has 0 unspecified atom stereocenters. The van der Waals surface area contributed by atoms with Crippen LogP contribution in [0.25, 0.3) is 11.1 Å². The Balaban J connectivity index is 1.45. The number of sulfone groups is 1. The summed E-state index contributed by atoms with van der Waals surface area (Å²) < 4.78 is 25.2. The molecule has 0 N–H and O–H groups in total. The molecule has 1 aliphatic rings. The van der Waals surface area contributed by atoms with Crippen molar-refractivity contribution in [2.24, 2.45) is 0 Å². The summed E-state index contributed by atoms with van der Waals surface area (Å²) in [6.07, 6.45) is 1.21. The van der Waals surface area contributed by atoms with E-state index >= 15 is 0 Å². The summed E-state index contributed by atoms with van der Waals surface area (Å²) in [7, 11) is -3.46. The molecule has 154 valence electrons. The molecule has 0 fully saturated rings. The van der Waals surface area contributed by atoms with Gasteiger partial charge in [0.05, 0.1) is 5.75 Å². The fourth-order valence-electron chi connectivity index (χ4n) is 3.98. The standard InChI is InChI=1S/C25H25NO3S/c27-25(19-30(28,29)16-8-11-20-9-2-1-3-10-20)26-17-21-12-4-6-14-23(21)24-15-7-5-13-22(24)18-26/h1-7,9-10,12-15H,8,11,16-19H2. The molecule has 30 heavy (non-hydrogen) atoms. The van der Waals surface area contributed by atoms with Crippen molar-refractivity contribution in [3.8, 4) is 11.1 Å². The Kier molecular flexibility index (Phi) is 6.00. The summed E-state index contributed by atoms with van der Waals surface area (Å²) in [4.78, 5) is 14.6. The molecule has 1 amide bonds. The summed E-state index contributed by atoms with van der Waals surface area (Å²) in [5.74, 6) is -0.748. The van der Waals surface area contributed by atoms with Gasteiger partial charge < -0.3 is 4.90 Å². The number of hydrogen-bond donors (Lipinski definition) is 0. The Morgan fingerprint density at radius 2 is 1.30 bits per heavy atom. The zero-order valence-corrected chi connectivity index (χ0v) is 17.6. The fraction of sp³-hybridized carbons (Fsp3) is 0.240. The monoisotopic (exact) mass is 419 g/mol. The van der Waals surface area contributed by atoms with Crippen molar-refractivity contribution >= 4 is 15.7 Å². The minimum absolute atomic E-state index is 0.0225. The van der Waals surface area contributed by atoms with Crippen LogP contribution in [-0.4, -0.2) is 30.7 Å². The van der Waals surface area contributed by atoms with Crippen LogP contribution >= 0.6 is 0 Å². The van der Waals surface area contributed by atoms with Gasteiger partial charge in [-0.1, -0.05) is 78.9 Å². The maximum absolute atomic E-state index is 13.0. The lowest BCUT2D eigenvalue weighted by molar-refractivity contribution is -0.129. The van der Waals surface area contributed by atoms with Crippen molar-refractivity contribution < 1.29 is 13.2 Å². The maximum Gasteiger partial charge on any atom is 0.238 e. The molecule has 3 aromatic carbocycles. The molecule has 0 saturated heterocycles. The lowest BCUT2D eigenvalue weighted by Crippen LogP contribution is -2.35. The Morgan fingerprint density at radius 1 is 0.767 bits per heavy atom.